The monoisotopic (exact) mass is 241 g/mol. The van der Waals surface area contributed by atoms with Crippen molar-refractivity contribution in [2.45, 2.75) is 19.4 Å². The number of hydrogen-bond acceptors (Lipinski definition) is 4. The fourth-order valence-electron chi connectivity index (χ4n) is 2.41. The minimum Gasteiger partial charge on any atom is -0.379 e. The SMILES string of the molecule is CC1COCCN1CCC(=O)N1CCNCC1. The summed E-state index contributed by atoms with van der Waals surface area (Å²) < 4.78 is 5.39. The Bertz CT molecular complexity index is 254. The number of carbonyl (C=O) groups excluding carboxylic acids is 1. The molecule has 1 unspecified atom stereocenters. The minimum absolute atomic E-state index is 0.296. The van der Waals surface area contributed by atoms with Crippen LogP contribution in [0.4, 0.5) is 0 Å². The molecule has 5 heteroatoms. The van der Waals surface area contributed by atoms with Crippen LogP contribution in [0.2, 0.25) is 0 Å². The van der Waals surface area contributed by atoms with Gasteiger partial charge in [-0.15, -0.1) is 0 Å². The lowest BCUT2D eigenvalue weighted by Crippen LogP contribution is -2.48. The van der Waals surface area contributed by atoms with Crippen LogP contribution in [0.3, 0.4) is 0 Å². The second-order valence-electron chi connectivity index (χ2n) is 4.84. The highest BCUT2D eigenvalue weighted by Crippen LogP contribution is 2.07. The number of nitrogens with one attached hydrogen (secondary N) is 1. The van der Waals surface area contributed by atoms with Crippen LogP contribution in [0, 0.1) is 0 Å². The standard InChI is InChI=1S/C12H23N3O2/c1-11-10-17-9-8-14(11)5-2-12(16)15-6-3-13-4-7-15/h11,13H,2-10H2,1H3. The van der Waals surface area contributed by atoms with E-state index in [9.17, 15) is 4.79 Å². The largest absolute Gasteiger partial charge is 0.379 e. The van der Waals surface area contributed by atoms with Gasteiger partial charge in [-0.05, 0) is 6.92 Å². The van der Waals surface area contributed by atoms with E-state index in [-0.39, 0.29) is 0 Å². The molecule has 0 aromatic carbocycles. The summed E-state index contributed by atoms with van der Waals surface area (Å²) in [7, 11) is 0. The number of amides is 1. The molecule has 2 saturated heterocycles. The molecule has 2 aliphatic rings. The number of piperazine rings is 1. The zero-order chi connectivity index (χ0) is 12.1. The van der Waals surface area contributed by atoms with Gasteiger partial charge in [0.25, 0.3) is 0 Å². The highest BCUT2D eigenvalue weighted by atomic mass is 16.5. The van der Waals surface area contributed by atoms with Crippen LogP contribution in [0.5, 0.6) is 0 Å². The summed E-state index contributed by atoms with van der Waals surface area (Å²) in [5.74, 6) is 0.296. The molecule has 0 aromatic rings. The summed E-state index contributed by atoms with van der Waals surface area (Å²) in [6, 6.07) is 0.444. The summed E-state index contributed by atoms with van der Waals surface area (Å²) in [4.78, 5) is 16.3. The maximum Gasteiger partial charge on any atom is 0.223 e. The number of hydrogen-bond donors (Lipinski definition) is 1. The van der Waals surface area contributed by atoms with E-state index >= 15 is 0 Å². The van der Waals surface area contributed by atoms with Crippen LogP contribution in [0.15, 0.2) is 0 Å². The van der Waals surface area contributed by atoms with Gasteiger partial charge in [-0.2, -0.15) is 0 Å². The van der Waals surface area contributed by atoms with Crippen molar-refractivity contribution >= 4 is 5.91 Å². The number of carbonyl (C=O) groups is 1. The molecule has 0 saturated carbocycles. The first-order valence-electron chi connectivity index (χ1n) is 6.57. The second-order valence-corrected chi connectivity index (χ2v) is 4.84. The Hall–Kier alpha value is -0.650. The summed E-state index contributed by atoms with van der Waals surface area (Å²) in [6.07, 6.45) is 0.643. The average Bonchev–Trinajstić information content (AvgIpc) is 2.38. The number of ether oxygens (including phenoxy) is 1. The van der Waals surface area contributed by atoms with E-state index in [1.54, 1.807) is 0 Å². The number of morpholine rings is 1. The average molecular weight is 241 g/mol. The molecule has 1 amide bonds. The van der Waals surface area contributed by atoms with Gasteiger partial charge in [-0.1, -0.05) is 0 Å². The Kier molecular flexibility index (Phi) is 4.76. The molecule has 0 aliphatic carbocycles. The molecule has 1 N–H and O–H groups in total. The molecular formula is C12H23N3O2. The Morgan fingerprint density at radius 2 is 2.12 bits per heavy atom. The van der Waals surface area contributed by atoms with Gasteiger partial charge in [-0.3, -0.25) is 9.69 Å². The van der Waals surface area contributed by atoms with E-state index in [0.29, 0.717) is 18.4 Å². The van der Waals surface area contributed by atoms with Crippen molar-refractivity contribution in [3.8, 4) is 0 Å². The predicted octanol–water partition coefficient (Wildman–Crippen LogP) is -0.471. The smallest absolute Gasteiger partial charge is 0.223 e. The molecule has 0 aromatic heterocycles. The van der Waals surface area contributed by atoms with Gasteiger partial charge >= 0.3 is 0 Å². The minimum atomic E-state index is 0.296. The Labute approximate surface area is 103 Å². The highest BCUT2D eigenvalue weighted by Gasteiger charge is 2.21. The van der Waals surface area contributed by atoms with Crippen LogP contribution in [0.25, 0.3) is 0 Å². The van der Waals surface area contributed by atoms with Crippen LogP contribution in [0.1, 0.15) is 13.3 Å². The van der Waals surface area contributed by atoms with Crippen LogP contribution < -0.4 is 5.32 Å². The molecule has 5 nitrogen and oxygen atoms in total. The van der Waals surface area contributed by atoms with Gasteiger partial charge in [-0.25, -0.2) is 0 Å². The molecule has 2 rings (SSSR count). The molecule has 0 bridgehead atoms. The molecule has 0 spiro atoms. The van der Waals surface area contributed by atoms with E-state index in [0.717, 1.165) is 52.5 Å². The molecule has 1 atom stereocenters. The summed E-state index contributed by atoms with van der Waals surface area (Å²) in [6.45, 7) is 9.15. The van der Waals surface area contributed by atoms with Gasteiger partial charge in [0.05, 0.1) is 13.2 Å². The van der Waals surface area contributed by atoms with Crippen molar-refractivity contribution in [3.05, 3.63) is 0 Å². The molecule has 2 aliphatic heterocycles. The first-order chi connectivity index (χ1) is 8.27. The van der Waals surface area contributed by atoms with Crippen molar-refractivity contribution in [1.82, 2.24) is 15.1 Å². The third-order valence-electron chi connectivity index (χ3n) is 3.59. The van der Waals surface area contributed by atoms with Gasteiger partial charge in [0, 0.05) is 51.7 Å². The van der Waals surface area contributed by atoms with Crippen molar-refractivity contribution in [3.63, 3.8) is 0 Å². The molecule has 98 valence electrons. The van der Waals surface area contributed by atoms with Crippen LogP contribution >= 0.6 is 0 Å². The predicted molar refractivity (Wildman–Crippen MR) is 65.9 cm³/mol. The maximum absolute atomic E-state index is 12.0. The van der Waals surface area contributed by atoms with E-state index in [2.05, 4.69) is 17.1 Å². The maximum atomic E-state index is 12.0. The van der Waals surface area contributed by atoms with Crippen molar-refractivity contribution in [2.75, 3.05) is 52.5 Å². The van der Waals surface area contributed by atoms with Crippen LogP contribution in [-0.4, -0.2) is 74.2 Å². The molecular weight excluding hydrogens is 218 g/mol. The topological polar surface area (TPSA) is 44.8 Å². The lowest BCUT2D eigenvalue weighted by molar-refractivity contribution is -0.132. The molecule has 2 heterocycles. The Morgan fingerprint density at radius 1 is 1.35 bits per heavy atom. The van der Waals surface area contributed by atoms with Gasteiger partial charge in [0.2, 0.25) is 5.91 Å². The van der Waals surface area contributed by atoms with Gasteiger partial charge < -0.3 is 15.0 Å². The number of nitrogens with zero attached hydrogens (tertiary/aromatic N) is 2. The van der Waals surface area contributed by atoms with Crippen molar-refractivity contribution < 1.29 is 9.53 Å². The molecule has 0 radical (unpaired) electrons. The third-order valence-corrected chi connectivity index (χ3v) is 3.59. The fraction of sp³-hybridized carbons (Fsp3) is 0.917. The normalized spacial score (nSPS) is 27.1. The summed E-state index contributed by atoms with van der Waals surface area (Å²) in [5, 5.41) is 3.26. The number of rotatable bonds is 3. The molecule has 17 heavy (non-hydrogen) atoms. The van der Waals surface area contributed by atoms with E-state index in [1.165, 1.54) is 0 Å². The first kappa shape index (κ1) is 12.8. The van der Waals surface area contributed by atoms with Crippen molar-refractivity contribution in [2.24, 2.45) is 0 Å². The van der Waals surface area contributed by atoms with Gasteiger partial charge in [0.15, 0.2) is 0 Å². The van der Waals surface area contributed by atoms with E-state index in [1.807, 2.05) is 4.90 Å². The second kappa shape index (κ2) is 6.33. The first-order valence-corrected chi connectivity index (χ1v) is 6.57. The summed E-state index contributed by atoms with van der Waals surface area (Å²) >= 11 is 0. The van der Waals surface area contributed by atoms with E-state index < -0.39 is 0 Å². The van der Waals surface area contributed by atoms with E-state index in [4.69, 9.17) is 4.74 Å². The lowest BCUT2D eigenvalue weighted by atomic mass is 10.2. The fourth-order valence-corrected chi connectivity index (χ4v) is 2.41. The Morgan fingerprint density at radius 3 is 2.82 bits per heavy atom. The highest BCUT2D eigenvalue weighted by molar-refractivity contribution is 5.76. The third kappa shape index (κ3) is 3.66. The Balaban J connectivity index is 1.71. The lowest BCUT2D eigenvalue weighted by Gasteiger charge is -2.34. The van der Waals surface area contributed by atoms with Gasteiger partial charge in [0.1, 0.15) is 0 Å². The van der Waals surface area contributed by atoms with Crippen LogP contribution in [-0.2, 0) is 9.53 Å². The zero-order valence-corrected chi connectivity index (χ0v) is 10.7. The summed E-state index contributed by atoms with van der Waals surface area (Å²) in [5.41, 5.74) is 0. The van der Waals surface area contributed by atoms with Crippen molar-refractivity contribution in [1.29, 1.82) is 0 Å². The quantitative estimate of drug-likeness (QED) is 0.725. The zero-order valence-electron chi connectivity index (χ0n) is 10.7. The molecule has 2 fully saturated rings.